The van der Waals surface area contributed by atoms with E-state index in [9.17, 15) is 4.79 Å². The number of hydrogen-bond donors (Lipinski definition) is 1. The van der Waals surface area contributed by atoms with E-state index in [-0.39, 0.29) is 12.1 Å². The number of carbonyl (C=O) groups is 1. The highest BCUT2D eigenvalue weighted by Crippen LogP contribution is 2.23. The van der Waals surface area contributed by atoms with Gasteiger partial charge in [0.05, 0.1) is 12.6 Å². The first-order chi connectivity index (χ1) is 18.1. The lowest BCUT2D eigenvalue weighted by Crippen LogP contribution is -2.43. The van der Waals surface area contributed by atoms with Gasteiger partial charge in [0, 0.05) is 18.1 Å². The predicted octanol–water partition coefficient (Wildman–Crippen LogP) is 8.91. The summed E-state index contributed by atoms with van der Waals surface area (Å²) in [5, 5.41) is 3.03. The molecule has 0 fully saturated rings. The summed E-state index contributed by atoms with van der Waals surface area (Å²) in [7, 11) is 7.77. The Balaban J connectivity index is 3.92. The molecular formula is C31H52N2O2S2. The Morgan fingerprint density at radius 3 is 1.81 bits per heavy atom. The number of nitrogens with one attached hydrogen (secondary N) is 1. The van der Waals surface area contributed by atoms with Crippen LogP contribution in [0, 0.1) is 0 Å². The summed E-state index contributed by atoms with van der Waals surface area (Å²) >= 11 is 0. The molecule has 1 amide bonds. The molecule has 0 bridgehead atoms. The maximum atomic E-state index is 12.2. The summed E-state index contributed by atoms with van der Waals surface area (Å²) in [6, 6.07) is 0.0706. The van der Waals surface area contributed by atoms with Gasteiger partial charge in [0.15, 0.2) is 0 Å². The Labute approximate surface area is 236 Å². The molecule has 6 heteroatoms. The van der Waals surface area contributed by atoms with E-state index in [2.05, 4.69) is 97.0 Å². The molecule has 0 aromatic heterocycles. The van der Waals surface area contributed by atoms with Gasteiger partial charge in [0.2, 0.25) is 0 Å². The van der Waals surface area contributed by atoms with E-state index in [1.54, 1.807) is 0 Å². The quantitative estimate of drug-likeness (QED) is 0.0784. The molecule has 0 spiro atoms. The first-order valence-electron chi connectivity index (χ1n) is 13.8. The van der Waals surface area contributed by atoms with Crippen LogP contribution in [-0.4, -0.2) is 55.8 Å². The van der Waals surface area contributed by atoms with Crippen LogP contribution in [0.2, 0.25) is 0 Å². The van der Waals surface area contributed by atoms with Gasteiger partial charge >= 0.3 is 6.09 Å². The average Bonchev–Trinajstić information content (AvgIpc) is 2.87. The standard InChI is InChI=1S/C31H52N2O2S2/c1-5-7-9-11-13-15-17-19-21-23-25-27-36-37-29-30(28-33(3)4)32-31(34)35-26-24-22-20-18-16-14-12-10-8-6-2/h7-10,13-16,19-22,30H,5-6,11-12,17-18,23-29H2,1-4H3,(H,32,34)/b9-7+,10-8+,15-13+,16-14+,21-19+,22-20+. The summed E-state index contributed by atoms with van der Waals surface area (Å²) in [5.74, 6) is 1.98. The topological polar surface area (TPSA) is 41.6 Å². The molecule has 1 atom stereocenters. The van der Waals surface area contributed by atoms with Crippen LogP contribution in [0.3, 0.4) is 0 Å². The van der Waals surface area contributed by atoms with Gasteiger partial charge in [-0.15, -0.1) is 0 Å². The van der Waals surface area contributed by atoms with Crippen molar-refractivity contribution in [3.63, 3.8) is 0 Å². The summed E-state index contributed by atoms with van der Waals surface area (Å²) in [6.45, 7) is 5.50. The van der Waals surface area contributed by atoms with Crippen molar-refractivity contribution in [3.8, 4) is 0 Å². The number of rotatable bonds is 23. The van der Waals surface area contributed by atoms with Gasteiger partial charge in [0.25, 0.3) is 0 Å². The number of carbonyl (C=O) groups excluding carboxylic acids is 1. The van der Waals surface area contributed by atoms with Crippen molar-refractivity contribution in [3.05, 3.63) is 72.9 Å². The number of alkyl carbamates (subject to hydrolysis) is 1. The molecule has 0 saturated heterocycles. The smallest absolute Gasteiger partial charge is 0.407 e. The minimum atomic E-state index is -0.325. The highest BCUT2D eigenvalue weighted by molar-refractivity contribution is 8.76. The first-order valence-corrected chi connectivity index (χ1v) is 16.3. The van der Waals surface area contributed by atoms with E-state index in [1.165, 1.54) is 6.42 Å². The Morgan fingerprint density at radius 1 is 0.757 bits per heavy atom. The van der Waals surface area contributed by atoms with E-state index < -0.39 is 0 Å². The molecule has 0 heterocycles. The number of ether oxygens (including phenoxy) is 1. The van der Waals surface area contributed by atoms with Crippen LogP contribution in [0.1, 0.15) is 71.6 Å². The van der Waals surface area contributed by atoms with Gasteiger partial charge in [-0.3, -0.25) is 0 Å². The van der Waals surface area contributed by atoms with Crippen molar-refractivity contribution in [1.29, 1.82) is 0 Å². The normalized spacial score (nSPS) is 13.5. The van der Waals surface area contributed by atoms with Crippen molar-refractivity contribution in [2.24, 2.45) is 0 Å². The third-order valence-electron chi connectivity index (χ3n) is 4.94. The molecule has 1 unspecified atom stereocenters. The fourth-order valence-corrected chi connectivity index (χ4v) is 5.45. The van der Waals surface area contributed by atoms with E-state index in [0.717, 1.165) is 69.4 Å². The van der Waals surface area contributed by atoms with E-state index in [4.69, 9.17) is 4.74 Å². The molecule has 0 saturated carbocycles. The van der Waals surface area contributed by atoms with Crippen molar-refractivity contribution in [1.82, 2.24) is 10.2 Å². The Kier molecular flexibility index (Phi) is 27.7. The summed E-state index contributed by atoms with van der Waals surface area (Å²) in [6.07, 6.45) is 35.1. The van der Waals surface area contributed by atoms with Gasteiger partial charge in [-0.1, -0.05) is 108 Å². The van der Waals surface area contributed by atoms with E-state index >= 15 is 0 Å². The number of nitrogens with zero attached hydrogens (tertiary/aromatic N) is 1. The second-order valence-corrected chi connectivity index (χ2v) is 11.5. The van der Waals surface area contributed by atoms with Crippen LogP contribution in [0.25, 0.3) is 0 Å². The predicted molar refractivity (Wildman–Crippen MR) is 169 cm³/mol. The van der Waals surface area contributed by atoms with Crippen molar-refractivity contribution >= 4 is 27.7 Å². The summed E-state index contributed by atoms with van der Waals surface area (Å²) < 4.78 is 5.37. The fraction of sp³-hybridized carbons (Fsp3) is 0.581. The highest BCUT2D eigenvalue weighted by Gasteiger charge is 2.14. The number of likely N-dealkylation sites (N-methyl/N-ethyl adjacent to an activating group) is 1. The molecule has 0 aromatic carbocycles. The van der Waals surface area contributed by atoms with Gasteiger partial charge in [0.1, 0.15) is 0 Å². The molecule has 0 aliphatic carbocycles. The van der Waals surface area contributed by atoms with Crippen molar-refractivity contribution in [2.45, 2.75) is 77.7 Å². The summed E-state index contributed by atoms with van der Waals surface area (Å²) in [5.41, 5.74) is 0. The third kappa shape index (κ3) is 28.8. The zero-order chi connectivity index (χ0) is 27.2. The number of unbranched alkanes of at least 4 members (excludes halogenated alkanes) is 1. The molecule has 0 aliphatic heterocycles. The number of hydrogen-bond acceptors (Lipinski definition) is 5. The van der Waals surface area contributed by atoms with Gasteiger partial charge < -0.3 is 15.0 Å². The molecule has 0 rings (SSSR count). The molecule has 0 aliphatic rings. The average molecular weight is 549 g/mol. The van der Waals surface area contributed by atoms with Gasteiger partial charge in [-0.2, -0.15) is 0 Å². The van der Waals surface area contributed by atoms with Crippen LogP contribution in [0.15, 0.2) is 72.9 Å². The van der Waals surface area contributed by atoms with Crippen LogP contribution in [0.5, 0.6) is 0 Å². The van der Waals surface area contributed by atoms with Gasteiger partial charge in [-0.05, 0) is 71.9 Å². The Bertz CT molecular complexity index is 697. The molecule has 1 N–H and O–H groups in total. The van der Waals surface area contributed by atoms with Gasteiger partial charge in [-0.25, -0.2) is 4.79 Å². The maximum absolute atomic E-state index is 12.2. The second kappa shape index (κ2) is 28.9. The molecule has 37 heavy (non-hydrogen) atoms. The third-order valence-corrected chi connectivity index (χ3v) is 7.50. The Hall–Kier alpha value is -1.63. The lowest BCUT2D eigenvalue weighted by molar-refractivity contribution is 0.143. The minimum Gasteiger partial charge on any atom is -0.449 e. The molecule has 210 valence electrons. The van der Waals surface area contributed by atoms with Crippen molar-refractivity contribution in [2.75, 3.05) is 38.8 Å². The van der Waals surface area contributed by atoms with Crippen LogP contribution in [-0.2, 0) is 4.74 Å². The summed E-state index contributed by atoms with van der Waals surface area (Å²) in [4.78, 5) is 14.3. The lowest BCUT2D eigenvalue weighted by Gasteiger charge is -2.21. The zero-order valence-electron chi connectivity index (χ0n) is 23.8. The molecule has 4 nitrogen and oxygen atoms in total. The SMILES string of the molecule is CC/C=C/C/C=C/C/C=C/CCCSSCC(CN(C)C)NC(=O)OCC/C=C/C/C=C/C/C=C/CC. The van der Waals surface area contributed by atoms with E-state index in [1.807, 2.05) is 35.7 Å². The minimum absolute atomic E-state index is 0.0706. The Morgan fingerprint density at radius 2 is 1.27 bits per heavy atom. The van der Waals surface area contributed by atoms with Crippen LogP contribution < -0.4 is 5.32 Å². The maximum Gasteiger partial charge on any atom is 0.407 e. The van der Waals surface area contributed by atoms with Crippen LogP contribution in [0.4, 0.5) is 4.79 Å². The highest BCUT2D eigenvalue weighted by atomic mass is 33.1. The molecular weight excluding hydrogens is 496 g/mol. The zero-order valence-corrected chi connectivity index (χ0v) is 25.4. The number of amides is 1. The second-order valence-electron chi connectivity index (χ2n) is 8.86. The fourth-order valence-electron chi connectivity index (χ4n) is 3.11. The molecule has 0 aromatic rings. The van der Waals surface area contributed by atoms with Crippen LogP contribution >= 0.6 is 21.6 Å². The monoisotopic (exact) mass is 548 g/mol. The molecule has 0 radical (unpaired) electrons. The van der Waals surface area contributed by atoms with E-state index in [0.29, 0.717) is 6.61 Å². The lowest BCUT2D eigenvalue weighted by atomic mass is 10.2. The first kappa shape index (κ1) is 35.4. The van der Waals surface area contributed by atoms with Crippen molar-refractivity contribution < 1.29 is 9.53 Å². The largest absolute Gasteiger partial charge is 0.449 e. The number of allylic oxidation sites excluding steroid dienone is 11.